The van der Waals surface area contributed by atoms with Crippen LogP contribution in [0.25, 0.3) is 11.1 Å². The zero-order valence-electron chi connectivity index (χ0n) is 15.4. The Hall–Kier alpha value is -2.74. The van der Waals surface area contributed by atoms with Crippen LogP contribution < -0.4 is 14.6 Å². The van der Waals surface area contributed by atoms with E-state index in [4.69, 9.17) is 26.2 Å². The van der Waals surface area contributed by atoms with Gasteiger partial charge in [-0.15, -0.1) is 0 Å². The SMILES string of the molecule is COc1c(O)ccc2c1-c1ccc(CS(N)(=O)=O)cc1C(c1cccc(Cl)c1)O2. The van der Waals surface area contributed by atoms with Gasteiger partial charge in [0.25, 0.3) is 0 Å². The third-order valence-electron chi connectivity index (χ3n) is 4.73. The van der Waals surface area contributed by atoms with E-state index in [1.165, 1.54) is 13.2 Å². The smallest absolute Gasteiger partial charge is 0.213 e. The molecule has 3 N–H and O–H groups in total. The van der Waals surface area contributed by atoms with E-state index in [-0.39, 0.29) is 17.3 Å². The number of sulfonamides is 1. The molecule has 0 saturated heterocycles. The molecule has 6 nitrogen and oxygen atoms in total. The van der Waals surface area contributed by atoms with Crippen molar-refractivity contribution in [1.82, 2.24) is 0 Å². The summed E-state index contributed by atoms with van der Waals surface area (Å²) < 4.78 is 34.8. The minimum absolute atomic E-state index is 0.0179. The first kappa shape index (κ1) is 19.6. The Morgan fingerprint density at radius 2 is 1.97 bits per heavy atom. The highest BCUT2D eigenvalue weighted by Crippen LogP contribution is 2.52. The van der Waals surface area contributed by atoms with Crippen molar-refractivity contribution in [3.8, 4) is 28.4 Å². The van der Waals surface area contributed by atoms with Crippen molar-refractivity contribution in [3.05, 3.63) is 76.3 Å². The van der Waals surface area contributed by atoms with Crippen LogP contribution in [0.4, 0.5) is 0 Å². The summed E-state index contributed by atoms with van der Waals surface area (Å²) in [6.07, 6.45) is -0.522. The van der Waals surface area contributed by atoms with Crippen LogP contribution in [0.5, 0.6) is 17.2 Å². The van der Waals surface area contributed by atoms with Gasteiger partial charge in [-0.3, -0.25) is 0 Å². The number of nitrogens with two attached hydrogens (primary N) is 1. The number of primary sulfonamides is 1. The van der Waals surface area contributed by atoms with E-state index >= 15 is 0 Å². The van der Waals surface area contributed by atoms with Crippen molar-refractivity contribution >= 4 is 21.6 Å². The van der Waals surface area contributed by atoms with Crippen LogP contribution >= 0.6 is 11.6 Å². The second-order valence-corrected chi connectivity index (χ2v) is 8.82. The first-order valence-electron chi connectivity index (χ1n) is 8.72. The molecule has 8 heteroatoms. The summed E-state index contributed by atoms with van der Waals surface area (Å²) in [5.74, 6) is 0.506. The van der Waals surface area contributed by atoms with E-state index in [2.05, 4.69) is 0 Å². The van der Waals surface area contributed by atoms with Crippen molar-refractivity contribution < 1.29 is 23.0 Å². The molecule has 29 heavy (non-hydrogen) atoms. The molecule has 0 bridgehead atoms. The van der Waals surface area contributed by atoms with Crippen LogP contribution in [0.15, 0.2) is 54.6 Å². The number of rotatable bonds is 4. The van der Waals surface area contributed by atoms with Crippen LogP contribution in [0, 0.1) is 0 Å². The van der Waals surface area contributed by atoms with Gasteiger partial charge >= 0.3 is 0 Å². The zero-order chi connectivity index (χ0) is 20.8. The second kappa shape index (κ2) is 7.26. The summed E-state index contributed by atoms with van der Waals surface area (Å²) in [6, 6.07) is 15.7. The highest BCUT2D eigenvalue weighted by atomic mass is 35.5. The van der Waals surface area contributed by atoms with Crippen LogP contribution in [0.1, 0.15) is 22.8 Å². The fraction of sp³-hybridized carbons (Fsp3) is 0.143. The number of aromatic hydroxyl groups is 1. The van der Waals surface area contributed by atoms with Crippen molar-refractivity contribution in [2.45, 2.75) is 11.9 Å². The maximum atomic E-state index is 11.6. The molecule has 4 rings (SSSR count). The van der Waals surface area contributed by atoms with Gasteiger partial charge in [-0.05, 0) is 41.0 Å². The molecule has 0 radical (unpaired) electrons. The minimum Gasteiger partial charge on any atom is -0.504 e. The molecule has 0 spiro atoms. The summed E-state index contributed by atoms with van der Waals surface area (Å²) in [6.45, 7) is 0. The largest absolute Gasteiger partial charge is 0.504 e. The van der Waals surface area contributed by atoms with Crippen LogP contribution in [-0.4, -0.2) is 20.6 Å². The number of phenols is 1. The quantitative estimate of drug-likeness (QED) is 0.650. The monoisotopic (exact) mass is 431 g/mol. The summed E-state index contributed by atoms with van der Waals surface area (Å²) >= 11 is 6.17. The van der Waals surface area contributed by atoms with Crippen molar-refractivity contribution in [1.29, 1.82) is 0 Å². The van der Waals surface area contributed by atoms with E-state index in [9.17, 15) is 13.5 Å². The Balaban J connectivity index is 1.96. The standard InChI is InChI=1S/C21H18ClNO5S/c1-27-21-17(24)7-8-18-19(21)15-6-5-12(11-29(23,25)26)9-16(15)20(28-18)13-3-2-4-14(22)10-13/h2-10,20,24H,11H2,1H3,(H2,23,25,26). The van der Waals surface area contributed by atoms with Gasteiger partial charge < -0.3 is 14.6 Å². The van der Waals surface area contributed by atoms with Gasteiger partial charge in [0.1, 0.15) is 11.9 Å². The molecule has 0 saturated carbocycles. The molecule has 0 fully saturated rings. The first-order chi connectivity index (χ1) is 13.8. The van der Waals surface area contributed by atoms with Gasteiger partial charge in [0, 0.05) is 10.6 Å². The molecule has 0 aromatic heterocycles. The van der Waals surface area contributed by atoms with Crippen molar-refractivity contribution in [3.63, 3.8) is 0 Å². The first-order valence-corrected chi connectivity index (χ1v) is 10.8. The lowest BCUT2D eigenvalue weighted by molar-refractivity contribution is 0.241. The van der Waals surface area contributed by atoms with Crippen LogP contribution in [-0.2, 0) is 15.8 Å². The Morgan fingerprint density at radius 1 is 1.17 bits per heavy atom. The topological polar surface area (TPSA) is 98.9 Å². The van der Waals surface area contributed by atoms with Gasteiger partial charge in [0.2, 0.25) is 10.0 Å². The van der Waals surface area contributed by atoms with Gasteiger partial charge in [0.15, 0.2) is 11.5 Å². The highest BCUT2D eigenvalue weighted by Gasteiger charge is 2.31. The summed E-state index contributed by atoms with van der Waals surface area (Å²) in [4.78, 5) is 0. The zero-order valence-corrected chi connectivity index (χ0v) is 17.0. The normalized spacial score (nSPS) is 15.2. The lowest BCUT2D eigenvalue weighted by Crippen LogP contribution is -2.18. The van der Waals surface area contributed by atoms with Gasteiger partial charge in [-0.1, -0.05) is 41.9 Å². The Morgan fingerprint density at radius 3 is 2.66 bits per heavy atom. The lowest BCUT2D eigenvalue weighted by atomic mass is 9.88. The fourth-order valence-electron chi connectivity index (χ4n) is 3.60. The Kier molecular flexibility index (Phi) is 4.90. The van der Waals surface area contributed by atoms with E-state index in [0.717, 1.165) is 16.7 Å². The number of hydrogen-bond donors (Lipinski definition) is 2. The predicted molar refractivity (Wildman–Crippen MR) is 111 cm³/mol. The van der Waals surface area contributed by atoms with E-state index in [1.807, 2.05) is 12.1 Å². The average Bonchev–Trinajstić information content (AvgIpc) is 2.66. The predicted octanol–water partition coefficient (Wildman–Crippen LogP) is 3.99. The van der Waals surface area contributed by atoms with Crippen molar-refractivity contribution in [2.75, 3.05) is 7.11 Å². The molecule has 1 aliphatic heterocycles. The molecule has 1 aliphatic rings. The fourth-order valence-corrected chi connectivity index (χ4v) is 4.44. The van der Waals surface area contributed by atoms with Crippen LogP contribution in [0.3, 0.4) is 0 Å². The van der Waals surface area contributed by atoms with Gasteiger partial charge in [-0.25, -0.2) is 13.6 Å². The number of fused-ring (bicyclic) bond motifs is 3. The highest BCUT2D eigenvalue weighted by molar-refractivity contribution is 7.88. The molecule has 1 atom stereocenters. The molecule has 3 aromatic rings. The lowest BCUT2D eigenvalue weighted by Gasteiger charge is -2.31. The molecule has 1 unspecified atom stereocenters. The molecular formula is C21H18ClNO5S. The number of phenolic OH excluding ortho intramolecular Hbond substituents is 1. The molecule has 0 aliphatic carbocycles. The molecule has 1 heterocycles. The molecular weight excluding hydrogens is 414 g/mol. The van der Waals surface area contributed by atoms with Gasteiger partial charge in [-0.2, -0.15) is 0 Å². The van der Waals surface area contributed by atoms with E-state index in [1.54, 1.807) is 36.4 Å². The third-order valence-corrected chi connectivity index (χ3v) is 5.71. The molecule has 150 valence electrons. The van der Waals surface area contributed by atoms with E-state index < -0.39 is 16.1 Å². The third kappa shape index (κ3) is 3.76. The Bertz CT molecular complexity index is 1210. The maximum Gasteiger partial charge on any atom is 0.213 e. The second-order valence-electron chi connectivity index (χ2n) is 6.77. The van der Waals surface area contributed by atoms with E-state index in [0.29, 0.717) is 21.9 Å². The number of ether oxygens (including phenoxy) is 2. The minimum atomic E-state index is -3.70. The van der Waals surface area contributed by atoms with Gasteiger partial charge in [0.05, 0.1) is 18.4 Å². The van der Waals surface area contributed by atoms with Crippen LogP contribution in [0.2, 0.25) is 5.02 Å². The summed E-state index contributed by atoms with van der Waals surface area (Å²) in [5, 5.41) is 16.0. The number of benzene rings is 3. The average molecular weight is 432 g/mol. The maximum absolute atomic E-state index is 11.6. The van der Waals surface area contributed by atoms with Crippen molar-refractivity contribution in [2.24, 2.45) is 5.14 Å². The number of methoxy groups -OCH3 is 1. The number of halogens is 1. The summed E-state index contributed by atoms with van der Waals surface area (Å²) in [5.41, 5.74) is 3.43. The summed E-state index contributed by atoms with van der Waals surface area (Å²) in [7, 11) is -2.23. The molecule has 0 amide bonds. The number of hydrogen-bond acceptors (Lipinski definition) is 5. The Labute approximate surface area is 173 Å². The molecule has 3 aromatic carbocycles.